The topological polar surface area (TPSA) is 86.3 Å². The maximum absolute atomic E-state index is 12.4. The normalized spacial score (nSPS) is 24.2. The van der Waals surface area contributed by atoms with Gasteiger partial charge in [-0.1, -0.05) is 0 Å². The van der Waals surface area contributed by atoms with Crippen LogP contribution in [0.2, 0.25) is 0 Å². The predicted octanol–water partition coefficient (Wildman–Crippen LogP) is 0.868. The van der Waals surface area contributed by atoms with Crippen LogP contribution in [-0.4, -0.2) is 47.5 Å². The van der Waals surface area contributed by atoms with Gasteiger partial charge in [0.05, 0.1) is 12.5 Å². The molecule has 0 spiro atoms. The van der Waals surface area contributed by atoms with Crippen LogP contribution in [-0.2, 0) is 10.0 Å². The molecule has 20 heavy (non-hydrogen) atoms. The first-order chi connectivity index (χ1) is 9.63. The summed E-state index contributed by atoms with van der Waals surface area (Å²) in [6, 6.07) is 1.99. The summed E-state index contributed by atoms with van der Waals surface area (Å²) in [4.78, 5) is 6.39. The van der Waals surface area contributed by atoms with Gasteiger partial charge >= 0.3 is 0 Å². The Labute approximate surface area is 121 Å². The highest BCUT2D eigenvalue weighted by Gasteiger charge is 2.40. The summed E-state index contributed by atoms with van der Waals surface area (Å²) in [5, 5.41) is 13.6. The molecule has 2 aromatic heterocycles. The molecule has 108 valence electrons. The number of hydrogen-bond acceptors (Lipinski definition) is 5. The summed E-state index contributed by atoms with van der Waals surface area (Å²) < 4.78 is 26.3. The van der Waals surface area contributed by atoms with E-state index in [2.05, 4.69) is 9.97 Å². The van der Waals surface area contributed by atoms with E-state index in [1.165, 1.54) is 16.8 Å². The molecule has 3 rings (SSSR count). The van der Waals surface area contributed by atoms with E-state index in [0.717, 1.165) is 5.56 Å². The van der Waals surface area contributed by atoms with Gasteiger partial charge in [-0.15, -0.1) is 0 Å². The Morgan fingerprint density at radius 3 is 2.95 bits per heavy atom. The lowest BCUT2D eigenvalue weighted by molar-refractivity contribution is 0.223. The molecular weight excluding hydrogens is 298 g/mol. The van der Waals surface area contributed by atoms with Crippen molar-refractivity contribution in [3.05, 3.63) is 34.9 Å². The van der Waals surface area contributed by atoms with Crippen LogP contribution in [0.25, 0.3) is 0 Å². The number of hydrogen-bond donors (Lipinski definition) is 2. The van der Waals surface area contributed by atoms with Crippen molar-refractivity contribution in [1.82, 2.24) is 14.3 Å². The Bertz CT molecular complexity index is 652. The number of nitrogens with one attached hydrogen (secondary N) is 1. The van der Waals surface area contributed by atoms with Gasteiger partial charge in [0.15, 0.2) is 5.03 Å². The largest absolute Gasteiger partial charge is 0.396 e. The summed E-state index contributed by atoms with van der Waals surface area (Å²) in [6.45, 7) is 0.706. The van der Waals surface area contributed by atoms with Gasteiger partial charge in [-0.3, -0.25) is 0 Å². The third kappa shape index (κ3) is 2.28. The fraction of sp³-hybridized carbons (Fsp3) is 0.417. The zero-order valence-electron chi connectivity index (χ0n) is 10.6. The lowest BCUT2D eigenvalue weighted by atomic mass is 9.92. The van der Waals surface area contributed by atoms with E-state index in [1.54, 1.807) is 11.3 Å². The van der Waals surface area contributed by atoms with Gasteiger partial charge in [-0.2, -0.15) is 15.6 Å². The Kier molecular flexibility index (Phi) is 3.63. The minimum Gasteiger partial charge on any atom is -0.396 e. The van der Waals surface area contributed by atoms with E-state index in [1.807, 2.05) is 16.8 Å². The molecule has 1 aliphatic rings. The number of imidazole rings is 1. The number of aromatic nitrogens is 2. The maximum atomic E-state index is 12.4. The number of aromatic amines is 1. The minimum atomic E-state index is -3.55. The monoisotopic (exact) mass is 313 g/mol. The molecule has 3 heterocycles. The van der Waals surface area contributed by atoms with Crippen LogP contribution in [0, 0.1) is 5.92 Å². The zero-order chi connectivity index (χ0) is 14.2. The molecule has 0 aliphatic carbocycles. The second kappa shape index (κ2) is 5.28. The fourth-order valence-electron chi connectivity index (χ4n) is 2.60. The smallest absolute Gasteiger partial charge is 0.260 e. The Hall–Kier alpha value is -1.22. The standard InChI is InChI=1S/C12H15N3O3S2/c16-6-10-4-15(5-11(10)9-1-2-19-7-9)20(17,18)12-3-13-8-14-12/h1-3,7-8,10-11,16H,4-6H2,(H,13,14)/t10-,11-/m1/s1. The molecule has 2 N–H and O–H groups in total. The molecule has 6 nitrogen and oxygen atoms in total. The van der Waals surface area contributed by atoms with Crippen molar-refractivity contribution in [2.24, 2.45) is 5.92 Å². The molecule has 2 atom stereocenters. The van der Waals surface area contributed by atoms with Crippen LogP contribution >= 0.6 is 11.3 Å². The molecule has 1 fully saturated rings. The third-order valence-corrected chi connectivity index (χ3v) is 6.16. The number of nitrogens with zero attached hydrogens (tertiary/aromatic N) is 2. The molecule has 0 saturated carbocycles. The molecule has 2 aromatic rings. The molecule has 8 heteroatoms. The molecule has 0 aromatic carbocycles. The second-order valence-corrected chi connectivity index (χ2v) is 7.53. The van der Waals surface area contributed by atoms with Crippen molar-refractivity contribution in [3.8, 4) is 0 Å². The average Bonchev–Trinajstić information content (AvgIpc) is 3.18. The van der Waals surface area contributed by atoms with Crippen LogP contribution in [0.4, 0.5) is 0 Å². The first-order valence-corrected chi connectivity index (χ1v) is 8.62. The van der Waals surface area contributed by atoms with Crippen LogP contribution in [0.15, 0.2) is 34.4 Å². The van der Waals surface area contributed by atoms with E-state index in [-0.39, 0.29) is 23.5 Å². The van der Waals surface area contributed by atoms with E-state index in [0.29, 0.717) is 13.1 Å². The summed E-state index contributed by atoms with van der Waals surface area (Å²) in [5.41, 5.74) is 1.09. The Morgan fingerprint density at radius 2 is 2.35 bits per heavy atom. The summed E-state index contributed by atoms with van der Waals surface area (Å²) in [5.74, 6) is -0.0220. The summed E-state index contributed by atoms with van der Waals surface area (Å²) >= 11 is 1.58. The van der Waals surface area contributed by atoms with E-state index >= 15 is 0 Å². The predicted molar refractivity (Wildman–Crippen MR) is 75.0 cm³/mol. The number of aliphatic hydroxyl groups excluding tert-OH is 1. The SMILES string of the molecule is O=S(=O)(c1cnc[nH]1)N1C[C@H](CO)[C@@H](c2ccsc2)C1. The van der Waals surface area contributed by atoms with Crippen LogP contribution < -0.4 is 0 Å². The second-order valence-electron chi connectivity index (χ2n) is 4.84. The number of thiophene rings is 1. The van der Waals surface area contributed by atoms with Crippen LogP contribution in [0.3, 0.4) is 0 Å². The molecule has 1 aliphatic heterocycles. The Balaban J connectivity index is 1.87. The van der Waals surface area contributed by atoms with Crippen molar-refractivity contribution in [3.63, 3.8) is 0 Å². The highest BCUT2D eigenvalue weighted by atomic mass is 32.2. The van der Waals surface area contributed by atoms with Gasteiger partial charge in [0.2, 0.25) is 0 Å². The lowest BCUT2D eigenvalue weighted by Gasteiger charge is -2.14. The van der Waals surface area contributed by atoms with Gasteiger partial charge < -0.3 is 10.1 Å². The summed E-state index contributed by atoms with van der Waals surface area (Å²) in [7, 11) is -3.55. The van der Waals surface area contributed by atoms with Crippen molar-refractivity contribution < 1.29 is 13.5 Å². The lowest BCUT2D eigenvalue weighted by Crippen LogP contribution is -2.29. The molecule has 0 unspecified atom stereocenters. The van der Waals surface area contributed by atoms with Crippen molar-refractivity contribution in [2.75, 3.05) is 19.7 Å². The quantitative estimate of drug-likeness (QED) is 0.877. The van der Waals surface area contributed by atoms with Gasteiger partial charge in [0.25, 0.3) is 10.0 Å². The van der Waals surface area contributed by atoms with Crippen molar-refractivity contribution in [1.29, 1.82) is 0 Å². The van der Waals surface area contributed by atoms with Crippen LogP contribution in [0.5, 0.6) is 0 Å². The molecular formula is C12H15N3O3S2. The summed E-state index contributed by atoms with van der Waals surface area (Å²) in [6.07, 6.45) is 2.66. The van der Waals surface area contributed by atoms with Crippen molar-refractivity contribution >= 4 is 21.4 Å². The Morgan fingerprint density at radius 1 is 1.50 bits per heavy atom. The highest BCUT2D eigenvalue weighted by Crippen LogP contribution is 2.35. The third-order valence-electron chi connectivity index (χ3n) is 3.70. The molecule has 0 amide bonds. The minimum absolute atomic E-state index is 0.0183. The van der Waals surface area contributed by atoms with Crippen molar-refractivity contribution in [2.45, 2.75) is 10.9 Å². The number of aliphatic hydroxyl groups is 1. The highest BCUT2D eigenvalue weighted by molar-refractivity contribution is 7.89. The van der Waals surface area contributed by atoms with Crippen LogP contribution in [0.1, 0.15) is 11.5 Å². The maximum Gasteiger partial charge on any atom is 0.260 e. The fourth-order valence-corrected chi connectivity index (χ4v) is 4.74. The van der Waals surface area contributed by atoms with Gasteiger partial charge in [-0.25, -0.2) is 13.4 Å². The zero-order valence-corrected chi connectivity index (χ0v) is 12.3. The molecule has 0 radical (unpaired) electrons. The number of rotatable bonds is 4. The first kappa shape index (κ1) is 13.7. The van der Waals surface area contributed by atoms with Gasteiger partial charge in [0.1, 0.15) is 0 Å². The van der Waals surface area contributed by atoms with Gasteiger partial charge in [-0.05, 0) is 22.4 Å². The van der Waals surface area contributed by atoms with E-state index in [4.69, 9.17) is 0 Å². The number of H-pyrrole nitrogens is 1. The first-order valence-electron chi connectivity index (χ1n) is 6.24. The van der Waals surface area contributed by atoms with Gasteiger partial charge in [0, 0.05) is 31.5 Å². The van der Waals surface area contributed by atoms with E-state index < -0.39 is 10.0 Å². The molecule has 1 saturated heterocycles. The number of sulfonamides is 1. The van der Waals surface area contributed by atoms with E-state index in [9.17, 15) is 13.5 Å². The average molecular weight is 313 g/mol. The molecule has 0 bridgehead atoms.